The lowest BCUT2D eigenvalue weighted by atomic mass is 10.3. The van der Waals surface area contributed by atoms with Crippen molar-refractivity contribution in [2.24, 2.45) is 7.05 Å². The molecule has 86 valence electrons. The first-order valence-corrected chi connectivity index (χ1v) is 5.50. The molecule has 0 aliphatic carbocycles. The van der Waals surface area contributed by atoms with Crippen LogP contribution in [0.2, 0.25) is 0 Å². The number of imidazole rings is 1. The van der Waals surface area contributed by atoms with E-state index in [0.717, 1.165) is 16.9 Å². The normalized spacial score (nSPS) is 11.1. The van der Waals surface area contributed by atoms with Crippen molar-refractivity contribution < 1.29 is 4.39 Å². The SMILES string of the molecule is Cn1c(CNCCCF)nc2ccccc21. The monoisotopic (exact) mass is 221 g/mol. The molecule has 2 rings (SSSR count). The predicted molar refractivity (Wildman–Crippen MR) is 63.0 cm³/mol. The second-order valence-corrected chi connectivity index (χ2v) is 3.80. The van der Waals surface area contributed by atoms with Crippen LogP contribution in [0, 0.1) is 0 Å². The van der Waals surface area contributed by atoms with Gasteiger partial charge < -0.3 is 9.88 Å². The molecule has 0 amide bonds. The Bertz CT molecular complexity index is 464. The molecule has 0 bridgehead atoms. The van der Waals surface area contributed by atoms with Gasteiger partial charge in [0.2, 0.25) is 0 Å². The first-order chi connectivity index (χ1) is 7.83. The van der Waals surface area contributed by atoms with Crippen LogP contribution >= 0.6 is 0 Å². The molecule has 0 saturated carbocycles. The summed E-state index contributed by atoms with van der Waals surface area (Å²) in [4.78, 5) is 4.52. The highest BCUT2D eigenvalue weighted by atomic mass is 19.1. The third-order valence-electron chi connectivity index (χ3n) is 2.65. The van der Waals surface area contributed by atoms with E-state index in [1.54, 1.807) is 0 Å². The minimum absolute atomic E-state index is 0.268. The summed E-state index contributed by atoms with van der Waals surface area (Å²) in [5.41, 5.74) is 2.14. The van der Waals surface area contributed by atoms with Crippen LogP contribution in [0.25, 0.3) is 11.0 Å². The average Bonchev–Trinajstić information content (AvgIpc) is 2.63. The summed E-state index contributed by atoms with van der Waals surface area (Å²) in [6.07, 6.45) is 0.559. The lowest BCUT2D eigenvalue weighted by Crippen LogP contribution is -2.17. The maximum absolute atomic E-state index is 11.9. The lowest BCUT2D eigenvalue weighted by molar-refractivity contribution is 0.457. The number of hydrogen-bond donors (Lipinski definition) is 1. The molecule has 0 spiro atoms. The predicted octanol–water partition coefficient (Wildman–Crippen LogP) is 2.02. The van der Waals surface area contributed by atoms with E-state index in [2.05, 4.69) is 14.9 Å². The summed E-state index contributed by atoms with van der Waals surface area (Å²) < 4.78 is 14.0. The summed E-state index contributed by atoms with van der Waals surface area (Å²) in [6.45, 7) is 1.11. The van der Waals surface area contributed by atoms with E-state index in [9.17, 15) is 4.39 Å². The number of hydrogen-bond acceptors (Lipinski definition) is 2. The smallest absolute Gasteiger partial charge is 0.123 e. The van der Waals surface area contributed by atoms with Gasteiger partial charge in [-0.3, -0.25) is 4.39 Å². The Balaban J connectivity index is 2.09. The van der Waals surface area contributed by atoms with Crippen LogP contribution in [-0.2, 0) is 13.6 Å². The van der Waals surface area contributed by atoms with Gasteiger partial charge in [0, 0.05) is 7.05 Å². The Morgan fingerprint density at radius 1 is 1.38 bits per heavy atom. The van der Waals surface area contributed by atoms with E-state index >= 15 is 0 Å². The van der Waals surface area contributed by atoms with Crippen molar-refractivity contribution in [1.29, 1.82) is 0 Å². The zero-order valence-electron chi connectivity index (χ0n) is 9.41. The molecule has 4 heteroatoms. The largest absolute Gasteiger partial charge is 0.330 e. The highest BCUT2D eigenvalue weighted by Crippen LogP contribution is 2.13. The Hall–Kier alpha value is -1.42. The van der Waals surface area contributed by atoms with Crippen LogP contribution in [-0.4, -0.2) is 22.8 Å². The van der Waals surface area contributed by atoms with E-state index in [0.29, 0.717) is 19.5 Å². The van der Waals surface area contributed by atoms with Crippen molar-refractivity contribution in [3.8, 4) is 0 Å². The molecule has 3 nitrogen and oxygen atoms in total. The fourth-order valence-corrected chi connectivity index (χ4v) is 1.75. The number of benzene rings is 1. The van der Waals surface area contributed by atoms with Crippen molar-refractivity contribution in [3.63, 3.8) is 0 Å². The van der Waals surface area contributed by atoms with Gasteiger partial charge in [-0.25, -0.2) is 4.98 Å². The van der Waals surface area contributed by atoms with E-state index in [1.165, 1.54) is 0 Å². The number of para-hydroxylation sites is 2. The van der Waals surface area contributed by atoms with Crippen LogP contribution in [0.4, 0.5) is 4.39 Å². The minimum Gasteiger partial charge on any atom is -0.330 e. The Morgan fingerprint density at radius 3 is 2.94 bits per heavy atom. The number of aromatic nitrogens is 2. The zero-order valence-corrected chi connectivity index (χ0v) is 9.41. The van der Waals surface area contributed by atoms with Crippen molar-refractivity contribution in [1.82, 2.24) is 14.9 Å². The maximum Gasteiger partial charge on any atom is 0.123 e. The molecule has 1 aromatic heterocycles. The summed E-state index contributed by atoms with van der Waals surface area (Å²) in [7, 11) is 2.00. The third kappa shape index (κ3) is 2.22. The first kappa shape index (κ1) is 11.1. The molecule has 0 aliphatic rings. The number of nitrogens with one attached hydrogen (secondary N) is 1. The summed E-state index contributed by atoms with van der Waals surface area (Å²) in [5, 5.41) is 3.18. The van der Waals surface area contributed by atoms with E-state index in [1.807, 2.05) is 31.3 Å². The molecule has 0 aliphatic heterocycles. The molecular weight excluding hydrogens is 205 g/mol. The van der Waals surface area contributed by atoms with Gasteiger partial charge in [-0.15, -0.1) is 0 Å². The van der Waals surface area contributed by atoms with Crippen molar-refractivity contribution in [2.45, 2.75) is 13.0 Å². The van der Waals surface area contributed by atoms with Gasteiger partial charge in [0.05, 0.1) is 24.3 Å². The topological polar surface area (TPSA) is 29.9 Å². The Morgan fingerprint density at radius 2 is 2.19 bits per heavy atom. The van der Waals surface area contributed by atoms with Crippen LogP contribution < -0.4 is 5.32 Å². The summed E-state index contributed by atoms with van der Waals surface area (Å²) in [6, 6.07) is 8.04. The van der Waals surface area contributed by atoms with E-state index in [4.69, 9.17) is 0 Å². The number of alkyl halides is 1. The van der Waals surface area contributed by atoms with Gasteiger partial charge in [-0.1, -0.05) is 12.1 Å². The minimum atomic E-state index is -0.268. The van der Waals surface area contributed by atoms with Crippen LogP contribution in [0.3, 0.4) is 0 Å². The van der Waals surface area contributed by atoms with Gasteiger partial charge >= 0.3 is 0 Å². The second kappa shape index (κ2) is 5.07. The highest BCUT2D eigenvalue weighted by Gasteiger charge is 2.05. The van der Waals surface area contributed by atoms with Gasteiger partial charge in [-0.2, -0.15) is 0 Å². The molecule has 1 N–H and O–H groups in total. The van der Waals surface area contributed by atoms with Crippen molar-refractivity contribution in [3.05, 3.63) is 30.1 Å². The fraction of sp³-hybridized carbons (Fsp3) is 0.417. The van der Waals surface area contributed by atoms with Crippen LogP contribution in [0.5, 0.6) is 0 Å². The van der Waals surface area contributed by atoms with Crippen LogP contribution in [0.1, 0.15) is 12.2 Å². The average molecular weight is 221 g/mol. The molecule has 2 aromatic rings. The summed E-state index contributed by atoms with van der Waals surface area (Å²) in [5.74, 6) is 0.986. The van der Waals surface area contributed by atoms with Gasteiger partial charge in [-0.05, 0) is 25.1 Å². The molecule has 0 atom stereocenters. The lowest BCUT2D eigenvalue weighted by Gasteiger charge is -2.03. The third-order valence-corrected chi connectivity index (χ3v) is 2.65. The molecule has 0 radical (unpaired) electrons. The molecule has 1 aromatic carbocycles. The molecule has 0 fully saturated rings. The fourth-order valence-electron chi connectivity index (χ4n) is 1.75. The zero-order chi connectivity index (χ0) is 11.4. The van der Waals surface area contributed by atoms with Crippen LogP contribution in [0.15, 0.2) is 24.3 Å². The van der Waals surface area contributed by atoms with Crippen molar-refractivity contribution >= 4 is 11.0 Å². The number of fused-ring (bicyclic) bond motifs is 1. The maximum atomic E-state index is 11.9. The molecule has 0 saturated heterocycles. The molecular formula is C12H16FN3. The van der Waals surface area contributed by atoms with Crippen molar-refractivity contribution in [2.75, 3.05) is 13.2 Å². The first-order valence-electron chi connectivity index (χ1n) is 5.50. The van der Waals surface area contributed by atoms with Gasteiger partial charge in [0.15, 0.2) is 0 Å². The number of halogens is 1. The summed E-state index contributed by atoms with van der Waals surface area (Å²) >= 11 is 0. The Kier molecular flexibility index (Phi) is 3.51. The number of aryl methyl sites for hydroxylation is 1. The quantitative estimate of drug-likeness (QED) is 0.783. The highest BCUT2D eigenvalue weighted by molar-refractivity contribution is 5.75. The Labute approximate surface area is 94.3 Å². The van der Waals surface area contributed by atoms with Gasteiger partial charge in [0.1, 0.15) is 5.82 Å². The number of nitrogens with zero attached hydrogens (tertiary/aromatic N) is 2. The molecule has 0 unspecified atom stereocenters. The second-order valence-electron chi connectivity index (χ2n) is 3.80. The molecule has 1 heterocycles. The van der Waals surface area contributed by atoms with Gasteiger partial charge in [0.25, 0.3) is 0 Å². The molecule has 16 heavy (non-hydrogen) atoms. The van der Waals surface area contributed by atoms with E-state index < -0.39 is 0 Å². The standard InChI is InChI=1S/C12H16FN3/c1-16-11-6-3-2-5-10(11)15-12(16)9-14-8-4-7-13/h2-3,5-6,14H,4,7-9H2,1H3. The number of rotatable bonds is 5. The van der Waals surface area contributed by atoms with E-state index in [-0.39, 0.29) is 6.67 Å².